The fourth-order valence-electron chi connectivity index (χ4n) is 1.89. The molecule has 2 aromatic rings. The van der Waals surface area contributed by atoms with E-state index in [0.717, 1.165) is 21.7 Å². The molecule has 0 spiro atoms. The van der Waals surface area contributed by atoms with Gasteiger partial charge in [0, 0.05) is 11.3 Å². The van der Waals surface area contributed by atoms with Gasteiger partial charge in [0.05, 0.1) is 5.36 Å². The van der Waals surface area contributed by atoms with Crippen LogP contribution in [-0.2, 0) is 4.79 Å². The van der Waals surface area contributed by atoms with Crippen LogP contribution in [0, 0.1) is 0 Å². The Balaban J connectivity index is 2.16. The van der Waals surface area contributed by atoms with Gasteiger partial charge < -0.3 is 5.11 Å². The molecule has 3 nitrogen and oxygen atoms in total. The lowest BCUT2D eigenvalue weighted by Crippen LogP contribution is -2.20. The third kappa shape index (κ3) is 1.72. The van der Waals surface area contributed by atoms with Crippen molar-refractivity contribution in [2.45, 2.75) is 0 Å². The monoisotopic (exact) mass is 223 g/mol. The standard InChI is InChI=1S/C14H9NO2/c16-12-4-1-9(2-5-12)10-3-6-13-11(7-10)8-14(17)15-13/h1-8,16H. The molecule has 1 aliphatic heterocycles. The van der Waals surface area contributed by atoms with Crippen molar-refractivity contribution in [3.05, 3.63) is 53.0 Å². The molecule has 0 radical (unpaired) electrons. The quantitative estimate of drug-likeness (QED) is 0.784. The van der Waals surface area contributed by atoms with Crippen molar-refractivity contribution in [2.24, 2.45) is 4.99 Å². The molecule has 17 heavy (non-hydrogen) atoms. The molecular formula is C14H9NO2. The summed E-state index contributed by atoms with van der Waals surface area (Å²) >= 11 is 0. The lowest BCUT2D eigenvalue weighted by molar-refractivity contribution is -0.112. The van der Waals surface area contributed by atoms with Gasteiger partial charge in [0.15, 0.2) is 0 Å². The zero-order chi connectivity index (χ0) is 11.8. The van der Waals surface area contributed by atoms with Gasteiger partial charge in [0.2, 0.25) is 0 Å². The molecule has 0 fully saturated rings. The smallest absolute Gasteiger partial charge is 0.270 e. The number of amides is 1. The van der Waals surface area contributed by atoms with Crippen LogP contribution in [0.3, 0.4) is 0 Å². The van der Waals surface area contributed by atoms with Crippen LogP contribution >= 0.6 is 0 Å². The zero-order valence-electron chi connectivity index (χ0n) is 8.92. The molecule has 3 rings (SSSR count). The van der Waals surface area contributed by atoms with Crippen LogP contribution in [0.5, 0.6) is 5.75 Å². The average molecular weight is 223 g/mol. The zero-order valence-corrected chi connectivity index (χ0v) is 8.92. The van der Waals surface area contributed by atoms with E-state index in [9.17, 15) is 9.90 Å². The normalized spacial score (nSPS) is 12.8. The molecule has 0 bridgehead atoms. The Bertz CT molecular complexity index is 715. The van der Waals surface area contributed by atoms with Gasteiger partial charge in [-0.2, -0.15) is 0 Å². The van der Waals surface area contributed by atoms with Gasteiger partial charge in [-0.15, -0.1) is 0 Å². The second kappa shape index (κ2) is 3.56. The van der Waals surface area contributed by atoms with Gasteiger partial charge in [-0.05, 0) is 35.4 Å². The summed E-state index contributed by atoms with van der Waals surface area (Å²) in [5.74, 6) is 0.0366. The van der Waals surface area contributed by atoms with Gasteiger partial charge in [-0.3, -0.25) is 4.79 Å². The van der Waals surface area contributed by atoms with Crippen molar-refractivity contribution in [3.63, 3.8) is 0 Å². The van der Waals surface area contributed by atoms with Crippen molar-refractivity contribution in [1.29, 1.82) is 0 Å². The maximum absolute atomic E-state index is 11.1. The van der Waals surface area contributed by atoms with Crippen LogP contribution in [0.2, 0.25) is 0 Å². The molecule has 0 unspecified atom stereocenters. The third-order valence-corrected chi connectivity index (χ3v) is 2.74. The number of aromatic hydroxyl groups is 1. The number of carbonyl (C=O) groups is 1. The minimum Gasteiger partial charge on any atom is -0.508 e. The van der Waals surface area contributed by atoms with E-state index < -0.39 is 0 Å². The summed E-state index contributed by atoms with van der Waals surface area (Å²) in [7, 11) is 0. The number of phenols is 1. The number of fused-ring (bicyclic) bond motifs is 1. The predicted octanol–water partition coefficient (Wildman–Crippen LogP) is 1.000. The van der Waals surface area contributed by atoms with E-state index in [2.05, 4.69) is 4.99 Å². The molecule has 1 N–H and O–H groups in total. The van der Waals surface area contributed by atoms with Gasteiger partial charge in [0.1, 0.15) is 5.75 Å². The summed E-state index contributed by atoms with van der Waals surface area (Å²) in [4.78, 5) is 15.0. The summed E-state index contributed by atoms with van der Waals surface area (Å²) in [5, 5.41) is 10.8. The van der Waals surface area contributed by atoms with E-state index in [1.807, 2.05) is 30.3 Å². The SMILES string of the molecule is O=C1C=c2cc(-c3ccc(O)cc3)ccc2=N1. The van der Waals surface area contributed by atoms with Gasteiger partial charge >= 0.3 is 0 Å². The van der Waals surface area contributed by atoms with Crippen molar-refractivity contribution >= 4 is 12.0 Å². The van der Waals surface area contributed by atoms with Crippen LogP contribution in [0.15, 0.2) is 47.5 Å². The fourth-order valence-corrected chi connectivity index (χ4v) is 1.89. The summed E-state index contributed by atoms with van der Waals surface area (Å²) in [5.41, 5.74) is 2.00. The molecule has 0 aliphatic carbocycles. The highest BCUT2D eigenvalue weighted by Crippen LogP contribution is 2.19. The Morgan fingerprint density at radius 2 is 1.65 bits per heavy atom. The Morgan fingerprint density at radius 3 is 2.41 bits per heavy atom. The van der Waals surface area contributed by atoms with Crippen molar-refractivity contribution in [2.75, 3.05) is 0 Å². The fraction of sp³-hybridized carbons (Fsp3) is 0. The number of rotatable bonds is 1. The molecule has 82 valence electrons. The van der Waals surface area contributed by atoms with E-state index in [0.29, 0.717) is 0 Å². The summed E-state index contributed by atoms with van der Waals surface area (Å²) in [6, 6.07) is 12.6. The van der Waals surface area contributed by atoms with E-state index >= 15 is 0 Å². The first kappa shape index (κ1) is 9.78. The maximum atomic E-state index is 11.1. The molecule has 0 saturated heterocycles. The second-order valence-corrected chi connectivity index (χ2v) is 3.91. The van der Waals surface area contributed by atoms with E-state index in [1.165, 1.54) is 6.08 Å². The van der Waals surface area contributed by atoms with Crippen molar-refractivity contribution in [3.8, 4) is 16.9 Å². The third-order valence-electron chi connectivity index (χ3n) is 2.74. The molecule has 0 saturated carbocycles. The first-order valence-electron chi connectivity index (χ1n) is 5.26. The number of carbonyl (C=O) groups excluding carboxylic acids is 1. The number of nitrogens with zero attached hydrogens (tertiary/aromatic N) is 1. The number of hydrogen-bond donors (Lipinski definition) is 1. The summed E-state index contributed by atoms with van der Waals surface area (Å²) in [6.07, 6.45) is 1.53. The van der Waals surface area contributed by atoms with Crippen molar-refractivity contribution in [1.82, 2.24) is 0 Å². The topological polar surface area (TPSA) is 49.7 Å². The molecule has 3 heteroatoms. The molecule has 1 heterocycles. The van der Waals surface area contributed by atoms with Crippen LogP contribution in [0.1, 0.15) is 0 Å². The molecule has 2 aromatic carbocycles. The van der Waals surface area contributed by atoms with Gasteiger partial charge in [-0.25, -0.2) is 4.99 Å². The molecule has 0 aromatic heterocycles. The second-order valence-electron chi connectivity index (χ2n) is 3.91. The van der Waals surface area contributed by atoms with E-state index in [1.54, 1.807) is 12.1 Å². The predicted molar refractivity (Wildman–Crippen MR) is 63.8 cm³/mol. The molecule has 0 atom stereocenters. The van der Waals surface area contributed by atoms with Crippen molar-refractivity contribution < 1.29 is 9.90 Å². The van der Waals surface area contributed by atoms with Crippen LogP contribution < -0.4 is 10.6 Å². The highest BCUT2D eigenvalue weighted by atomic mass is 16.3. The Kier molecular flexibility index (Phi) is 2.05. The number of benzene rings is 2. The average Bonchev–Trinajstić information content (AvgIpc) is 2.69. The number of hydrogen-bond acceptors (Lipinski definition) is 2. The Hall–Kier alpha value is -2.42. The highest BCUT2D eigenvalue weighted by molar-refractivity contribution is 6.06. The first-order chi connectivity index (χ1) is 8.22. The molecular weight excluding hydrogens is 214 g/mol. The van der Waals surface area contributed by atoms with Gasteiger partial charge in [-0.1, -0.05) is 18.2 Å². The largest absolute Gasteiger partial charge is 0.508 e. The van der Waals surface area contributed by atoms with E-state index in [4.69, 9.17) is 0 Å². The Morgan fingerprint density at radius 1 is 0.941 bits per heavy atom. The highest BCUT2D eigenvalue weighted by Gasteiger charge is 2.04. The summed E-state index contributed by atoms with van der Waals surface area (Å²) in [6.45, 7) is 0. The Labute approximate surface area is 97.4 Å². The lowest BCUT2D eigenvalue weighted by Gasteiger charge is -2.01. The maximum Gasteiger partial charge on any atom is 0.270 e. The van der Waals surface area contributed by atoms with Crippen LogP contribution in [0.4, 0.5) is 0 Å². The minimum atomic E-state index is -0.206. The van der Waals surface area contributed by atoms with Gasteiger partial charge in [0.25, 0.3) is 5.91 Å². The summed E-state index contributed by atoms with van der Waals surface area (Å²) < 4.78 is 0. The molecule has 1 aliphatic rings. The lowest BCUT2D eigenvalue weighted by atomic mass is 10.0. The minimum absolute atomic E-state index is 0.206. The van der Waals surface area contributed by atoms with Crippen LogP contribution in [0.25, 0.3) is 17.2 Å². The number of phenolic OH excluding ortho intramolecular Hbond substituents is 1. The van der Waals surface area contributed by atoms with Crippen LogP contribution in [-0.4, -0.2) is 11.0 Å². The first-order valence-corrected chi connectivity index (χ1v) is 5.26. The molecule has 1 amide bonds. The van der Waals surface area contributed by atoms with E-state index in [-0.39, 0.29) is 11.7 Å².